The molecular weight excluding hydrogens is 316 g/mol. The van der Waals surface area contributed by atoms with Crippen LogP contribution in [0.2, 0.25) is 0 Å². The zero-order chi connectivity index (χ0) is 17.1. The highest BCUT2D eigenvalue weighted by Crippen LogP contribution is 2.20. The summed E-state index contributed by atoms with van der Waals surface area (Å²) in [6, 6.07) is 8.32. The molecule has 1 N–H and O–H groups in total. The van der Waals surface area contributed by atoms with Crippen LogP contribution in [-0.2, 0) is 6.54 Å². The third-order valence-corrected chi connectivity index (χ3v) is 5.17. The summed E-state index contributed by atoms with van der Waals surface area (Å²) in [6.07, 6.45) is 4.26. The summed E-state index contributed by atoms with van der Waals surface area (Å²) in [7, 11) is 0. The van der Waals surface area contributed by atoms with Crippen LogP contribution in [0.25, 0.3) is 0 Å². The molecule has 3 heterocycles. The second kappa shape index (κ2) is 7.33. The van der Waals surface area contributed by atoms with Crippen molar-refractivity contribution in [2.75, 3.05) is 39.3 Å². The number of nitrogens with zero attached hydrogens (tertiary/aromatic N) is 5. The quantitative estimate of drug-likeness (QED) is 0.875. The molecule has 132 valence electrons. The van der Waals surface area contributed by atoms with Crippen LogP contribution < -0.4 is 5.32 Å². The number of rotatable bonds is 4. The number of likely N-dealkylation sites (tertiary alicyclic amines) is 1. The Hall–Kier alpha value is -2.25. The van der Waals surface area contributed by atoms with Crippen molar-refractivity contribution in [1.82, 2.24) is 29.9 Å². The summed E-state index contributed by atoms with van der Waals surface area (Å²) in [5, 5.41) is 7.54. The first-order valence-electron chi connectivity index (χ1n) is 8.95. The molecule has 0 saturated carbocycles. The molecule has 1 atom stereocenters. The molecule has 0 radical (unpaired) electrons. The van der Waals surface area contributed by atoms with Crippen molar-refractivity contribution in [3.05, 3.63) is 48.0 Å². The minimum Gasteiger partial charge on any atom is -0.337 e. The minimum atomic E-state index is 0.133. The van der Waals surface area contributed by atoms with E-state index in [1.807, 2.05) is 29.2 Å². The van der Waals surface area contributed by atoms with Gasteiger partial charge in [-0.2, -0.15) is 5.10 Å². The number of aromatic nitrogens is 3. The van der Waals surface area contributed by atoms with Gasteiger partial charge in [-0.05, 0) is 18.1 Å². The molecule has 7 nitrogen and oxygen atoms in total. The smallest absolute Gasteiger partial charge is 0.254 e. The predicted molar refractivity (Wildman–Crippen MR) is 94.3 cm³/mol. The Balaban J connectivity index is 1.46. The molecule has 2 aromatic rings. The lowest BCUT2D eigenvalue weighted by Crippen LogP contribution is -2.49. The normalized spacial score (nSPS) is 21.6. The van der Waals surface area contributed by atoms with Crippen LogP contribution in [0.3, 0.4) is 0 Å². The number of amides is 1. The molecule has 7 heteroatoms. The predicted octanol–water partition coefficient (Wildman–Crippen LogP) is 0.446. The van der Waals surface area contributed by atoms with Crippen LogP contribution >= 0.6 is 0 Å². The van der Waals surface area contributed by atoms with Crippen molar-refractivity contribution >= 4 is 5.91 Å². The van der Waals surface area contributed by atoms with E-state index in [2.05, 4.69) is 20.3 Å². The average Bonchev–Trinajstić information content (AvgIpc) is 3.34. The van der Waals surface area contributed by atoms with Gasteiger partial charge in [0.2, 0.25) is 0 Å². The number of hydrogen-bond donors (Lipinski definition) is 1. The topological polar surface area (TPSA) is 66.3 Å². The molecule has 2 aliphatic rings. The van der Waals surface area contributed by atoms with Crippen LogP contribution in [0.4, 0.5) is 0 Å². The van der Waals surface area contributed by atoms with Crippen LogP contribution in [0.15, 0.2) is 36.9 Å². The van der Waals surface area contributed by atoms with Crippen molar-refractivity contribution in [1.29, 1.82) is 0 Å². The zero-order valence-electron chi connectivity index (χ0n) is 14.3. The standard InChI is InChI=1S/C18H24N6O/c25-18(23-8-5-16(12-23)22-9-6-19-7-10-22)17-4-2-1-3-15(17)11-24-14-20-13-21-24/h1-4,13-14,16,19H,5-12H2. The Morgan fingerprint density at radius 3 is 2.84 bits per heavy atom. The van der Waals surface area contributed by atoms with E-state index in [4.69, 9.17) is 0 Å². The van der Waals surface area contributed by atoms with Crippen molar-refractivity contribution in [3.8, 4) is 0 Å². The van der Waals surface area contributed by atoms with Gasteiger partial charge in [0.1, 0.15) is 12.7 Å². The van der Waals surface area contributed by atoms with E-state index < -0.39 is 0 Å². The van der Waals surface area contributed by atoms with E-state index in [9.17, 15) is 4.79 Å². The Bertz CT molecular complexity index is 710. The monoisotopic (exact) mass is 340 g/mol. The summed E-state index contributed by atoms with van der Waals surface area (Å²) < 4.78 is 1.75. The first-order chi connectivity index (χ1) is 12.3. The number of benzene rings is 1. The first kappa shape index (κ1) is 16.2. The van der Waals surface area contributed by atoms with Crippen molar-refractivity contribution < 1.29 is 4.79 Å². The minimum absolute atomic E-state index is 0.133. The summed E-state index contributed by atoms with van der Waals surface area (Å²) >= 11 is 0. The Morgan fingerprint density at radius 2 is 2.04 bits per heavy atom. The van der Waals surface area contributed by atoms with Gasteiger partial charge in [-0.25, -0.2) is 9.67 Å². The van der Waals surface area contributed by atoms with E-state index in [0.717, 1.165) is 56.8 Å². The maximum absolute atomic E-state index is 13.1. The molecule has 25 heavy (non-hydrogen) atoms. The van der Waals surface area contributed by atoms with Gasteiger partial charge in [0.05, 0.1) is 6.54 Å². The molecule has 1 amide bonds. The second-order valence-corrected chi connectivity index (χ2v) is 6.73. The third-order valence-electron chi connectivity index (χ3n) is 5.17. The van der Waals surface area contributed by atoms with Gasteiger partial charge in [0, 0.05) is 50.9 Å². The molecular formula is C18H24N6O. The maximum atomic E-state index is 13.1. The molecule has 0 spiro atoms. The van der Waals surface area contributed by atoms with E-state index >= 15 is 0 Å². The highest BCUT2D eigenvalue weighted by Gasteiger charge is 2.31. The van der Waals surface area contributed by atoms with Crippen LogP contribution in [-0.4, -0.2) is 75.8 Å². The maximum Gasteiger partial charge on any atom is 0.254 e. The van der Waals surface area contributed by atoms with Gasteiger partial charge in [-0.1, -0.05) is 18.2 Å². The number of hydrogen-bond acceptors (Lipinski definition) is 5. The van der Waals surface area contributed by atoms with E-state index in [-0.39, 0.29) is 5.91 Å². The van der Waals surface area contributed by atoms with E-state index in [1.54, 1.807) is 11.0 Å². The molecule has 1 aromatic carbocycles. The fraction of sp³-hybridized carbons (Fsp3) is 0.500. The van der Waals surface area contributed by atoms with Gasteiger partial charge < -0.3 is 10.2 Å². The molecule has 2 fully saturated rings. The highest BCUT2D eigenvalue weighted by atomic mass is 16.2. The molecule has 0 aliphatic carbocycles. The van der Waals surface area contributed by atoms with Crippen LogP contribution in [0.1, 0.15) is 22.3 Å². The number of nitrogens with one attached hydrogen (secondary N) is 1. The summed E-state index contributed by atoms with van der Waals surface area (Å²) in [6.45, 7) is 6.49. The lowest BCUT2D eigenvalue weighted by atomic mass is 10.1. The number of carbonyl (C=O) groups excluding carboxylic acids is 1. The zero-order valence-corrected chi connectivity index (χ0v) is 14.3. The lowest BCUT2D eigenvalue weighted by molar-refractivity contribution is 0.0772. The van der Waals surface area contributed by atoms with Gasteiger partial charge in [-0.15, -0.1) is 0 Å². The second-order valence-electron chi connectivity index (χ2n) is 6.73. The van der Waals surface area contributed by atoms with Crippen molar-refractivity contribution in [3.63, 3.8) is 0 Å². The largest absolute Gasteiger partial charge is 0.337 e. The molecule has 2 saturated heterocycles. The Kier molecular flexibility index (Phi) is 4.76. The number of piperazine rings is 1. The van der Waals surface area contributed by atoms with Gasteiger partial charge >= 0.3 is 0 Å². The van der Waals surface area contributed by atoms with Gasteiger partial charge in [0.15, 0.2) is 0 Å². The van der Waals surface area contributed by atoms with Gasteiger partial charge in [-0.3, -0.25) is 9.69 Å². The van der Waals surface area contributed by atoms with Crippen LogP contribution in [0, 0.1) is 0 Å². The summed E-state index contributed by atoms with van der Waals surface area (Å²) in [5.74, 6) is 0.133. The van der Waals surface area contributed by atoms with Crippen molar-refractivity contribution in [2.45, 2.75) is 19.0 Å². The fourth-order valence-electron chi connectivity index (χ4n) is 3.80. The van der Waals surface area contributed by atoms with E-state index in [1.165, 1.54) is 6.33 Å². The summed E-state index contributed by atoms with van der Waals surface area (Å²) in [5.41, 5.74) is 1.77. The molecule has 0 bridgehead atoms. The van der Waals surface area contributed by atoms with Gasteiger partial charge in [0.25, 0.3) is 5.91 Å². The Morgan fingerprint density at radius 1 is 1.20 bits per heavy atom. The highest BCUT2D eigenvalue weighted by molar-refractivity contribution is 5.95. The van der Waals surface area contributed by atoms with Crippen LogP contribution in [0.5, 0.6) is 0 Å². The third kappa shape index (κ3) is 3.57. The SMILES string of the molecule is O=C(c1ccccc1Cn1cncn1)N1CCC(N2CCNCC2)C1. The molecule has 4 rings (SSSR count). The van der Waals surface area contributed by atoms with E-state index in [0.29, 0.717) is 12.6 Å². The molecule has 2 aliphatic heterocycles. The first-order valence-corrected chi connectivity index (χ1v) is 8.95. The number of carbonyl (C=O) groups is 1. The van der Waals surface area contributed by atoms with Crippen molar-refractivity contribution in [2.24, 2.45) is 0 Å². The molecule has 1 aromatic heterocycles. The Labute approximate surface area is 147 Å². The molecule has 1 unspecified atom stereocenters. The lowest BCUT2D eigenvalue weighted by Gasteiger charge is -2.32. The fourth-order valence-corrected chi connectivity index (χ4v) is 3.80. The average molecular weight is 340 g/mol. The summed E-state index contributed by atoms with van der Waals surface area (Å²) in [4.78, 5) is 21.6.